The van der Waals surface area contributed by atoms with Crippen LogP contribution in [0, 0.1) is 11.6 Å². The van der Waals surface area contributed by atoms with E-state index in [0.717, 1.165) is 28.3 Å². The maximum atomic E-state index is 15.6. The Kier molecular flexibility index (Phi) is 7.14. The lowest BCUT2D eigenvalue weighted by molar-refractivity contribution is -0.0589. The first-order valence-electron chi connectivity index (χ1n) is 15.2. The van der Waals surface area contributed by atoms with Crippen molar-refractivity contribution in [2.75, 3.05) is 6.61 Å². The molecule has 47 heavy (non-hydrogen) atoms. The number of imidazole rings is 1. The number of hydrogen-bond donors (Lipinski definition) is 1. The van der Waals surface area contributed by atoms with Gasteiger partial charge in [0.05, 0.1) is 29.2 Å². The van der Waals surface area contributed by atoms with E-state index in [1.54, 1.807) is 24.3 Å². The molecule has 3 aromatic heterocycles. The molecule has 1 atom stereocenters. The fourth-order valence-corrected chi connectivity index (χ4v) is 6.06. The van der Waals surface area contributed by atoms with E-state index in [9.17, 15) is 9.90 Å². The molecule has 4 aromatic carbocycles. The van der Waals surface area contributed by atoms with Crippen LogP contribution < -0.4 is 4.74 Å². The molecule has 0 spiro atoms. The molecule has 1 N–H and O–H groups in total. The van der Waals surface area contributed by atoms with Gasteiger partial charge in [-0.25, -0.2) is 23.5 Å². The third-order valence-corrected chi connectivity index (χ3v) is 8.61. The Morgan fingerprint density at radius 1 is 0.915 bits per heavy atom. The summed E-state index contributed by atoms with van der Waals surface area (Å²) < 4.78 is 50.2. The number of hydrogen-bond acceptors (Lipinski definition) is 6. The molecule has 234 valence electrons. The van der Waals surface area contributed by atoms with Crippen molar-refractivity contribution in [2.24, 2.45) is 0 Å². The SMILES string of the molecule is O=C(O)c1ccc2nc(Cc3ccc(-c4nc(OCc5cccc6c5oc5ccccc56)ccc4F)cc3F)n(C[C@@H]3CCO3)c2c1. The molecule has 8 rings (SSSR count). The monoisotopic (exact) mass is 631 g/mol. The van der Waals surface area contributed by atoms with Gasteiger partial charge in [0.2, 0.25) is 5.88 Å². The van der Waals surface area contributed by atoms with Crippen LogP contribution in [0.4, 0.5) is 8.78 Å². The quantitative estimate of drug-likeness (QED) is 0.173. The highest BCUT2D eigenvalue weighted by Crippen LogP contribution is 2.32. The molecular weight excluding hydrogens is 604 g/mol. The average molecular weight is 632 g/mol. The van der Waals surface area contributed by atoms with E-state index in [0.29, 0.717) is 41.2 Å². The number of furan rings is 1. The molecule has 7 aromatic rings. The molecule has 10 heteroatoms. The molecule has 1 aliphatic heterocycles. The summed E-state index contributed by atoms with van der Waals surface area (Å²) in [7, 11) is 0. The number of carboxylic acids is 1. The Bertz CT molecular complexity index is 2330. The molecule has 0 radical (unpaired) electrons. The van der Waals surface area contributed by atoms with E-state index in [1.807, 2.05) is 47.0 Å². The van der Waals surface area contributed by atoms with Gasteiger partial charge in [-0.05, 0) is 48.4 Å². The molecule has 8 nitrogen and oxygen atoms in total. The Hall–Kier alpha value is -5.61. The zero-order valence-electron chi connectivity index (χ0n) is 25.0. The van der Waals surface area contributed by atoms with Crippen LogP contribution in [0.1, 0.15) is 33.7 Å². The van der Waals surface area contributed by atoms with E-state index in [2.05, 4.69) is 4.98 Å². The summed E-state index contributed by atoms with van der Waals surface area (Å²) in [6.07, 6.45) is 0.988. The summed E-state index contributed by atoms with van der Waals surface area (Å²) in [5, 5.41) is 11.5. The first-order valence-corrected chi connectivity index (χ1v) is 15.2. The number of rotatable bonds is 9. The number of para-hydroxylation sites is 2. The van der Waals surface area contributed by atoms with Crippen LogP contribution in [0.5, 0.6) is 5.88 Å². The summed E-state index contributed by atoms with van der Waals surface area (Å²) in [5.74, 6) is -1.44. The molecule has 0 bridgehead atoms. The van der Waals surface area contributed by atoms with E-state index >= 15 is 8.78 Å². The van der Waals surface area contributed by atoms with Gasteiger partial charge in [-0.1, -0.05) is 48.5 Å². The molecule has 4 heterocycles. The minimum atomic E-state index is -1.04. The lowest BCUT2D eigenvalue weighted by Gasteiger charge is -2.27. The van der Waals surface area contributed by atoms with E-state index in [4.69, 9.17) is 18.9 Å². The number of carbonyl (C=O) groups is 1. The number of carboxylic acid groups (broad SMARTS) is 1. The van der Waals surface area contributed by atoms with Crippen LogP contribution in [0.15, 0.2) is 95.4 Å². The van der Waals surface area contributed by atoms with Crippen LogP contribution in [-0.4, -0.2) is 38.3 Å². The third kappa shape index (κ3) is 5.36. The van der Waals surface area contributed by atoms with Gasteiger partial charge < -0.3 is 23.6 Å². The maximum absolute atomic E-state index is 15.6. The normalized spacial score (nSPS) is 14.6. The number of pyridine rings is 1. The van der Waals surface area contributed by atoms with Crippen molar-refractivity contribution in [3.05, 3.63) is 125 Å². The standard InChI is InChI=1S/C37H27F2N3O5/c38-28-11-13-34(46-20-24-4-3-6-27-26-5-1-2-7-32(26)47-36(24)27)41-35(28)22-9-8-21(29(39)16-22)18-33-40-30-12-10-23(37(43)44)17-31(30)42(33)19-25-14-15-45-25/h1-13,16-17,25H,14-15,18-20H2,(H,43,44)/t25-/m0/s1. The van der Waals surface area contributed by atoms with Crippen molar-refractivity contribution in [3.8, 4) is 17.1 Å². The summed E-state index contributed by atoms with van der Waals surface area (Å²) in [6, 6.07) is 25.5. The molecule has 0 aliphatic carbocycles. The Labute approximate surface area is 266 Å². The molecule has 1 aliphatic rings. The molecule has 0 unspecified atom stereocenters. The van der Waals surface area contributed by atoms with Gasteiger partial charge >= 0.3 is 5.97 Å². The predicted molar refractivity (Wildman–Crippen MR) is 171 cm³/mol. The minimum absolute atomic E-state index is 0.0259. The van der Waals surface area contributed by atoms with Gasteiger partial charge in [-0.3, -0.25) is 0 Å². The number of ether oxygens (including phenoxy) is 2. The number of fused-ring (bicyclic) bond motifs is 4. The fraction of sp³-hybridized carbons (Fsp3) is 0.162. The minimum Gasteiger partial charge on any atom is -0.478 e. The van der Waals surface area contributed by atoms with Crippen LogP contribution in [0.3, 0.4) is 0 Å². The van der Waals surface area contributed by atoms with Gasteiger partial charge in [0.25, 0.3) is 0 Å². The Balaban J connectivity index is 1.05. The van der Waals surface area contributed by atoms with Crippen LogP contribution >= 0.6 is 0 Å². The van der Waals surface area contributed by atoms with Crippen molar-refractivity contribution >= 4 is 38.9 Å². The molecule has 0 saturated carbocycles. The first-order chi connectivity index (χ1) is 22.9. The topological polar surface area (TPSA) is 99.6 Å². The zero-order chi connectivity index (χ0) is 32.1. The van der Waals surface area contributed by atoms with Gasteiger partial charge in [0, 0.05) is 41.0 Å². The highest BCUT2D eigenvalue weighted by molar-refractivity contribution is 6.05. The summed E-state index contributed by atoms with van der Waals surface area (Å²) >= 11 is 0. The number of benzene rings is 4. The second-order valence-corrected chi connectivity index (χ2v) is 11.6. The Morgan fingerprint density at radius 2 is 1.77 bits per heavy atom. The first kappa shape index (κ1) is 28.8. The molecule has 1 fully saturated rings. The van der Waals surface area contributed by atoms with Crippen molar-refractivity contribution in [1.29, 1.82) is 0 Å². The summed E-state index contributed by atoms with van der Waals surface area (Å²) in [4.78, 5) is 20.7. The van der Waals surface area contributed by atoms with Crippen molar-refractivity contribution in [1.82, 2.24) is 14.5 Å². The van der Waals surface area contributed by atoms with Gasteiger partial charge in [0.1, 0.15) is 40.9 Å². The van der Waals surface area contributed by atoms with Gasteiger partial charge in [0.15, 0.2) is 0 Å². The molecule has 1 saturated heterocycles. The molecule has 0 amide bonds. The number of aromatic carboxylic acids is 1. The lowest BCUT2D eigenvalue weighted by atomic mass is 10.0. The van der Waals surface area contributed by atoms with E-state index in [1.165, 1.54) is 24.3 Å². The van der Waals surface area contributed by atoms with Gasteiger partial charge in [-0.2, -0.15) is 0 Å². The Morgan fingerprint density at radius 3 is 2.57 bits per heavy atom. The predicted octanol–water partition coefficient (Wildman–Crippen LogP) is 7.93. The van der Waals surface area contributed by atoms with Crippen LogP contribution in [0.25, 0.3) is 44.2 Å². The highest BCUT2D eigenvalue weighted by atomic mass is 19.1. The fourth-order valence-electron chi connectivity index (χ4n) is 6.06. The lowest BCUT2D eigenvalue weighted by Crippen LogP contribution is -2.31. The van der Waals surface area contributed by atoms with Crippen molar-refractivity contribution in [3.63, 3.8) is 0 Å². The smallest absolute Gasteiger partial charge is 0.335 e. The highest BCUT2D eigenvalue weighted by Gasteiger charge is 2.23. The van der Waals surface area contributed by atoms with Crippen molar-refractivity contribution in [2.45, 2.75) is 32.1 Å². The number of aromatic nitrogens is 3. The summed E-state index contributed by atoms with van der Waals surface area (Å²) in [6.45, 7) is 1.28. The van der Waals surface area contributed by atoms with Crippen molar-refractivity contribution < 1.29 is 32.6 Å². The number of nitrogens with zero attached hydrogens (tertiary/aromatic N) is 3. The zero-order valence-corrected chi connectivity index (χ0v) is 25.0. The van der Waals surface area contributed by atoms with Crippen LogP contribution in [0.2, 0.25) is 0 Å². The van der Waals surface area contributed by atoms with Crippen LogP contribution in [-0.2, 0) is 24.3 Å². The van der Waals surface area contributed by atoms with E-state index < -0.39 is 17.6 Å². The average Bonchev–Trinajstić information content (AvgIpc) is 3.61. The largest absolute Gasteiger partial charge is 0.478 e. The second-order valence-electron chi connectivity index (χ2n) is 11.6. The van der Waals surface area contributed by atoms with Gasteiger partial charge in [-0.15, -0.1) is 0 Å². The molecular formula is C37H27F2N3O5. The second kappa shape index (κ2) is 11.6. The third-order valence-electron chi connectivity index (χ3n) is 8.61. The maximum Gasteiger partial charge on any atom is 0.335 e. The summed E-state index contributed by atoms with van der Waals surface area (Å²) in [5.41, 5.74) is 4.28. The number of halogens is 2. The van der Waals surface area contributed by atoms with E-state index in [-0.39, 0.29) is 41.8 Å².